The predicted octanol–water partition coefficient (Wildman–Crippen LogP) is 2.89. The molecule has 1 heterocycles. The molecule has 0 saturated heterocycles. The molecule has 1 aromatic heterocycles. The number of thioether (sulfide) groups is 1. The van der Waals surface area contributed by atoms with Crippen molar-refractivity contribution >= 4 is 17.7 Å². The number of rotatable bonds is 8. The maximum atomic E-state index is 11.9. The van der Waals surface area contributed by atoms with Crippen LogP contribution in [0.5, 0.6) is 5.75 Å². The summed E-state index contributed by atoms with van der Waals surface area (Å²) in [6.45, 7) is 4.72. The van der Waals surface area contributed by atoms with E-state index in [1.807, 2.05) is 42.9 Å². The summed E-state index contributed by atoms with van der Waals surface area (Å²) < 4.78 is 7.02. The first-order valence-corrected chi connectivity index (χ1v) is 9.02. The van der Waals surface area contributed by atoms with E-state index < -0.39 is 0 Å². The third-order valence-corrected chi connectivity index (χ3v) is 5.03. The zero-order valence-electron chi connectivity index (χ0n) is 14.8. The first-order valence-electron chi connectivity index (χ1n) is 8.04. The van der Waals surface area contributed by atoms with Gasteiger partial charge in [0.1, 0.15) is 5.75 Å². The maximum Gasteiger partial charge on any atom is 0.220 e. The number of hydrogen-bond acceptors (Lipinski definition) is 4. The minimum atomic E-state index is 0.0928. The van der Waals surface area contributed by atoms with Gasteiger partial charge in [-0.2, -0.15) is 5.10 Å². The first-order chi connectivity index (χ1) is 11.5. The molecule has 0 atom stereocenters. The van der Waals surface area contributed by atoms with Crippen LogP contribution in [0.25, 0.3) is 0 Å². The molecule has 2 rings (SSSR count). The molecule has 1 aromatic carbocycles. The van der Waals surface area contributed by atoms with Crippen molar-refractivity contribution < 1.29 is 9.53 Å². The number of nitrogens with one attached hydrogen (secondary N) is 1. The summed E-state index contributed by atoms with van der Waals surface area (Å²) in [4.78, 5) is 13.1. The van der Waals surface area contributed by atoms with Crippen molar-refractivity contribution in [2.75, 3.05) is 19.4 Å². The van der Waals surface area contributed by atoms with Gasteiger partial charge in [0.05, 0.1) is 12.8 Å². The number of benzene rings is 1. The smallest absolute Gasteiger partial charge is 0.220 e. The van der Waals surface area contributed by atoms with Gasteiger partial charge in [-0.05, 0) is 50.1 Å². The van der Waals surface area contributed by atoms with Gasteiger partial charge in [0.25, 0.3) is 0 Å². The van der Waals surface area contributed by atoms with E-state index in [9.17, 15) is 4.79 Å². The molecule has 0 saturated carbocycles. The highest BCUT2D eigenvalue weighted by atomic mass is 32.2. The summed E-state index contributed by atoms with van der Waals surface area (Å²) in [7, 11) is 3.60. The van der Waals surface area contributed by atoms with E-state index in [1.54, 1.807) is 18.9 Å². The largest absolute Gasteiger partial charge is 0.497 e. The molecule has 0 spiro atoms. The molecule has 5 nitrogen and oxygen atoms in total. The van der Waals surface area contributed by atoms with Crippen molar-refractivity contribution in [2.45, 2.75) is 31.6 Å². The van der Waals surface area contributed by atoms with Crippen molar-refractivity contribution in [3.8, 4) is 5.75 Å². The molecule has 0 aliphatic heterocycles. The lowest BCUT2D eigenvalue weighted by Gasteiger charge is -2.06. The second-order valence-corrected chi connectivity index (χ2v) is 6.82. The Kier molecular flexibility index (Phi) is 6.73. The van der Waals surface area contributed by atoms with Crippen LogP contribution in [0.3, 0.4) is 0 Å². The molecule has 0 bridgehead atoms. The van der Waals surface area contributed by atoms with E-state index >= 15 is 0 Å². The topological polar surface area (TPSA) is 56.1 Å². The number of aromatic nitrogens is 2. The summed E-state index contributed by atoms with van der Waals surface area (Å²) in [5.41, 5.74) is 3.43. The molecule has 0 unspecified atom stereocenters. The highest BCUT2D eigenvalue weighted by Gasteiger charge is 2.09. The third kappa shape index (κ3) is 5.03. The van der Waals surface area contributed by atoms with Gasteiger partial charge in [-0.3, -0.25) is 9.48 Å². The summed E-state index contributed by atoms with van der Waals surface area (Å²) in [5.74, 6) is 1.71. The van der Waals surface area contributed by atoms with Crippen LogP contribution in [0, 0.1) is 13.8 Å². The Balaban J connectivity index is 1.68. The Bertz CT molecular complexity index is 680. The van der Waals surface area contributed by atoms with Gasteiger partial charge in [0, 0.05) is 36.4 Å². The number of amides is 1. The average molecular weight is 347 g/mol. The summed E-state index contributed by atoms with van der Waals surface area (Å²) in [5, 5.41) is 7.39. The molecule has 6 heteroatoms. The van der Waals surface area contributed by atoms with E-state index in [1.165, 1.54) is 5.56 Å². The molecule has 1 amide bonds. The standard InChI is InChI=1S/C18H25N3O2S/c1-13-17(14(2)21(3)20-13)9-11-19-18(22)10-12-24-16-7-5-15(23-4)6-8-16/h5-8H,9-12H2,1-4H3,(H,19,22). The molecule has 130 valence electrons. The van der Waals surface area contributed by atoms with Crippen LogP contribution in [-0.4, -0.2) is 35.1 Å². The Hall–Kier alpha value is -1.95. The Labute approximate surface area is 147 Å². The molecule has 2 aromatic rings. The second kappa shape index (κ2) is 8.78. The van der Waals surface area contributed by atoms with Gasteiger partial charge in [-0.15, -0.1) is 11.8 Å². The Morgan fingerprint density at radius 1 is 1.29 bits per heavy atom. The van der Waals surface area contributed by atoms with Gasteiger partial charge in [0.2, 0.25) is 5.91 Å². The van der Waals surface area contributed by atoms with Crippen molar-refractivity contribution in [3.63, 3.8) is 0 Å². The third-order valence-electron chi connectivity index (χ3n) is 4.01. The molecule has 0 radical (unpaired) electrons. The lowest BCUT2D eigenvalue weighted by Crippen LogP contribution is -2.26. The fourth-order valence-electron chi connectivity index (χ4n) is 2.53. The maximum absolute atomic E-state index is 11.9. The van der Waals surface area contributed by atoms with Gasteiger partial charge < -0.3 is 10.1 Å². The predicted molar refractivity (Wildman–Crippen MR) is 97.7 cm³/mol. The Morgan fingerprint density at radius 3 is 2.58 bits per heavy atom. The quantitative estimate of drug-likeness (QED) is 0.746. The number of methoxy groups -OCH3 is 1. The van der Waals surface area contributed by atoms with Crippen molar-refractivity contribution in [3.05, 3.63) is 41.2 Å². The number of aryl methyl sites for hydroxylation is 2. The van der Waals surface area contributed by atoms with E-state index in [0.29, 0.717) is 13.0 Å². The van der Waals surface area contributed by atoms with Gasteiger partial charge in [-0.1, -0.05) is 0 Å². The van der Waals surface area contributed by atoms with E-state index in [4.69, 9.17) is 4.74 Å². The molecular formula is C18H25N3O2S. The molecule has 0 fully saturated rings. The van der Waals surface area contributed by atoms with Crippen LogP contribution in [0.2, 0.25) is 0 Å². The van der Waals surface area contributed by atoms with Crippen molar-refractivity contribution in [2.24, 2.45) is 7.05 Å². The average Bonchev–Trinajstić information content (AvgIpc) is 2.81. The van der Waals surface area contributed by atoms with Crippen LogP contribution in [0.1, 0.15) is 23.4 Å². The number of nitrogens with zero attached hydrogens (tertiary/aromatic N) is 2. The van der Waals surface area contributed by atoms with E-state index in [2.05, 4.69) is 17.3 Å². The number of hydrogen-bond donors (Lipinski definition) is 1. The monoisotopic (exact) mass is 347 g/mol. The summed E-state index contributed by atoms with van der Waals surface area (Å²) in [6.07, 6.45) is 1.34. The fourth-order valence-corrected chi connectivity index (χ4v) is 3.38. The van der Waals surface area contributed by atoms with Crippen LogP contribution < -0.4 is 10.1 Å². The van der Waals surface area contributed by atoms with Gasteiger partial charge in [0.15, 0.2) is 0 Å². The molecule has 24 heavy (non-hydrogen) atoms. The lowest BCUT2D eigenvalue weighted by molar-refractivity contribution is -0.120. The highest BCUT2D eigenvalue weighted by molar-refractivity contribution is 7.99. The van der Waals surface area contributed by atoms with Crippen molar-refractivity contribution in [1.29, 1.82) is 0 Å². The molecule has 0 aliphatic carbocycles. The normalized spacial score (nSPS) is 10.7. The minimum Gasteiger partial charge on any atom is -0.497 e. The molecule has 1 N–H and O–H groups in total. The van der Waals surface area contributed by atoms with Gasteiger partial charge >= 0.3 is 0 Å². The number of carbonyl (C=O) groups is 1. The SMILES string of the molecule is COc1ccc(SCCC(=O)NCCc2c(C)nn(C)c2C)cc1. The lowest BCUT2D eigenvalue weighted by atomic mass is 10.1. The zero-order chi connectivity index (χ0) is 17.5. The van der Waals surface area contributed by atoms with Crippen LogP contribution in [-0.2, 0) is 18.3 Å². The first kappa shape index (κ1) is 18.4. The van der Waals surface area contributed by atoms with Crippen LogP contribution in [0.4, 0.5) is 0 Å². The second-order valence-electron chi connectivity index (χ2n) is 5.65. The highest BCUT2D eigenvalue weighted by Crippen LogP contribution is 2.21. The molecule has 0 aliphatic rings. The zero-order valence-corrected chi connectivity index (χ0v) is 15.6. The van der Waals surface area contributed by atoms with Gasteiger partial charge in [-0.25, -0.2) is 0 Å². The van der Waals surface area contributed by atoms with E-state index in [-0.39, 0.29) is 5.91 Å². The Morgan fingerprint density at radius 2 is 2.00 bits per heavy atom. The molecular weight excluding hydrogens is 322 g/mol. The van der Waals surface area contributed by atoms with Crippen LogP contribution in [0.15, 0.2) is 29.2 Å². The fraction of sp³-hybridized carbons (Fsp3) is 0.444. The van der Waals surface area contributed by atoms with E-state index in [0.717, 1.165) is 34.2 Å². The van der Waals surface area contributed by atoms with Crippen LogP contribution >= 0.6 is 11.8 Å². The summed E-state index contributed by atoms with van der Waals surface area (Å²) in [6, 6.07) is 7.88. The summed E-state index contributed by atoms with van der Waals surface area (Å²) >= 11 is 1.68. The van der Waals surface area contributed by atoms with Crippen molar-refractivity contribution in [1.82, 2.24) is 15.1 Å². The minimum absolute atomic E-state index is 0.0928. The number of ether oxygens (including phenoxy) is 1. The number of carbonyl (C=O) groups excluding carboxylic acids is 1.